The van der Waals surface area contributed by atoms with Crippen molar-refractivity contribution in [3.05, 3.63) is 29.3 Å². The van der Waals surface area contributed by atoms with Crippen LogP contribution in [-0.4, -0.2) is 11.9 Å². The lowest BCUT2D eigenvalue weighted by Crippen LogP contribution is -2.37. The highest BCUT2D eigenvalue weighted by Crippen LogP contribution is 2.26. The lowest BCUT2D eigenvalue weighted by molar-refractivity contribution is 0.0921. The molecule has 1 aromatic carbocycles. The monoisotopic (exact) mass is 296 g/mol. The normalized spacial score (nSPS) is 21.9. The zero-order valence-corrected chi connectivity index (χ0v) is 13.1. The van der Waals surface area contributed by atoms with Crippen LogP contribution in [-0.2, 0) is 0 Å². The van der Waals surface area contributed by atoms with Gasteiger partial charge in [-0.05, 0) is 56.2 Å². The molecule has 0 bridgehead atoms. The fraction of sp³-hybridized carbons (Fsp3) is 0.562. The van der Waals surface area contributed by atoms with Crippen molar-refractivity contribution < 1.29 is 4.79 Å². The van der Waals surface area contributed by atoms with Crippen molar-refractivity contribution in [3.63, 3.8) is 0 Å². The molecular formula is C16H25ClN2O. The van der Waals surface area contributed by atoms with Gasteiger partial charge in [0.1, 0.15) is 0 Å². The molecule has 0 spiro atoms. The highest BCUT2D eigenvalue weighted by molar-refractivity contribution is 5.96. The fourth-order valence-corrected chi connectivity index (χ4v) is 2.86. The first-order valence-corrected chi connectivity index (χ1v) is 7.27. The van der Waals surface area contributed by atoms with E-state index >= 15 is 0 Å². The van der Waals surface area contributed by atoms with Crippen LogP contribution in [0.3, 0.4) is 0 Å². The average Bonchev–Trinajstić information content (AvgIpc) is 2.42. The summed E-state index contributed by atoms with van der Waals surface area (Å²) in [5, 5.41) is 3.15. The minimum absolute atomic E-state index is 0. The maximum atomic E-state index is 12.3. The summed E-state index contributed by atoms with van der Waals surface area (Å²) in [4.78, 5) is 12.3. The minimum atomic E-state index is 0. The standard InChI is InChI=1S/C16H24N2O.ClH/c1-3-12-5-8-14(9-6-12)18-16(19)15-10-13(17)7-4-11(15)2;/h4,7,10,12,14H,3,5-6,8-9,17H2,1-2H3,(H,18,19);1H. The Labute approximate surface area is 127 Å². The molecule has 1 aliphatic rings. The van der Waals surface area contributed by atoms with Crippen LogP contribution in [0.5, 0.6) is 0 Å². The number of hydrogen-bond donors (Lipinski definition) is 2. The van der Waals surface area contributed by atoms with Crippen molar-refractivity contribution in [2.24, 2.45) is 5.92 Å². The van der Waals surface area contributed by atoms with Gasteiger partial charge in [-0.1, -0.05) is 19.4 Å². The van der Waals surface area contributed by atoms with Crippen molar-refractivity contribution >= 4 is 24.0 Å². The number of nitrogen functional groups attached to an aromatic ring is 1. The second-order valence-electron chi connectivity index (χ2n) is 5.67. The number of carbonyl (C=O) groups excluding carboxylic acids is 1. The molecule has 1 fully saturated rings. The van der Waals surface area contributed by atoms with Crippen LogP contribution in [0.25, 0.3) is 0 Å². The molecule has 0 saturated heterocycles. The number of benzene rings is 1. The lowest BCUT2D eigenvalue weighted by Gasteiger charge is -2.28. The first-order chi connectivity index (χ1) is 9.10. The van der Waals surface area contributed by atoms with Crippen molar-refractivity contribution in [2.45, 2.75) is 52.0 Å². The number of nitrogens with one attached hydrogen (secondary N) is 1. The van der Waals surface area contributed by atoms with Crippen LogP contribution in [0.4, 0.5) is 5.69 Å². The predicted molar refractivity (Wildman–Crippen MR) is 86.3 cm³/mol. The van der Waals surface area contributed by atoms with E-state index in [1.807, 2.05) is 19.1 Å². The highest BCUT2D eigenvalue weighted by atomic mass is 35.5. The fourth-order valence-electron chi connectivity index (χ4n) is 2.86. The molecule has 112 valence electrons. The van der Waals surface area contributed by atoms with E-state index < -0.39 is 0 Å². The van der Waals surface area contributed by atoms with Gasteiger partial charge in [-0.3, -0.25) is 4.79 Å². The van der Waals surface area contributed by atoms with Crippen LogP contribution >= 0.6 is 12.4 Å². The zero-order chi connectivity index (χ0) is 13.8. The van der Waals surface area contributed by atoms with E-state index in [0.717, 1.165) is 24.3 Å². The molecule has 3 N–H and O–H groups in total. The van der Waals surface area contributed by atoms with E-state index in [9.17, 15) is 4.79 Å². The van der Waals surface area contributed by atoms with Gasteiger partial charge in [0.05, 0.1) is 0 Å². The maximum absolute atomic E-state index is 12.3. The van der Waals surface area contributed by atoms with Crippen molar-refractivity contribution in [3.8, 4) is 0 Å². The first kappa shape index (κ1) is 16.8. The Kier molecular flexibility index (Phi) is 6.34. The molecule has 0 atom stereocenters. The third kappa shape index (κ3) is 4.14. The molecule has 1 saturated carbocycles. The largest absolute Gasteiger partial charge is 0.399 e. The first-order valence-electron chi connectivity index (χ1n) is 7.27. The summed E-state index contributed by atoms with van der Waals surface area (Å²) in [5.41, 5.74) is 8.09. The highest BCUT2D eigenvalue weighted by Gasteiger charge is 2.22. The molecule has 20 heavy (non-hydrogen) atoms. The molecule has 2 rings (SSSR count). The molecule has 1 aromatic rings. The van der Waals surface area contributed by atoms with Gasteiger partial charge < -0.3 is 11.1 Å². The molecule has 0 aliphatic heterocycles. The van der Waals surface area contributed by atoms with E-state index in [1.165, 1.54) is 19.3 Å². The Hall–Kier alpha value is -1.22. The number of hydrogen-bond acceptors (Lipinski definition) is 2. The topological polar surface area (TPSA) is 55.1 Å². The quantitative estimate of drug-likeness (QED) is 0.836. The molecule has 3 nitrogen and oxygen atoms in total. The Morgan fingerprint density at radius 1 is 1.30 bits per heavy atom. The van der Waals surface area contributed by atoms with E-state index in [4.69, 9.17) is 5.73 Å². The van der Waals surface area contributed by atoms with Gasteiger partial charge in [-0.15, -0.1) is 12.4 Å². The molecule has 0 aromatic heterocycles. The molecule has 1 aliphatic carbocycles. The lowest BCUT2D eigenvalue weighted by atomic mass is 9.84. The van der Waals surface area contributed by atoms with Crippen molar-refractivity contribution in [1.29, 1.82) is 0 Å². The Bertz CT molecular complexity index is 454. The summed E-state index contributed by atoms with van der Waals surface area (Å²) in [6, 6.07) is 5.83. The van der Waals surface area contributed by atoms with Gasteiger partial charge in [-0.25, -0.2) is 0 Å². The number of anilines is 1. The molecule has 4 heteroatoms. The van der Waals surface area contributed by atoms with Gasteiger partial charge in [0.2, 0.25) is 0 Å². The number of aryl methyl sites for hydroxylation is 1. The van der Waals surface area contributed by atoms with Gasteiger partial charge in [0.15, 0.2) is 0 Å². The van der Waals surface area contributed by atoms with Crippen LogP contribution in [0.2, 0.25) is 0 Å². The number of amides is 1. The summed E-state index contributed by atoms with van der Waals surface area (Å²) in [7, 11) is 0. The summed E-state index contributed by atoms with van der Waals surface area (Å²) < 4.78 is 0. The number of rotatable bonds is 3. The summed E-state index contributed by atoms with van der Waals surface area (Å²) >= 11 is 0. The summed E-state index contributed by atoms with van der Waals surface area (Å²) in [6.07, 6.45) is 5.93. The number of nitrogens with two attached hydrogens (primary N) is 1. The third-order valence-corrected chi connectivity index (χ3v) is 4.27. The minimum Gasteiger partial charge on any atom is -0.399 e. The maximum Gasteiger partial charge on any atom is 0.251 e. The van der Waals surface area contributed by atoms with Gasteiger partial charge in [-0.2, -0.15) is 0 Å². The van der Waals surface area contributed by atoms with Crippen molar-refractivity contribution in [1.82, 2.24) is 5.32 Å². The Morgan fingerprint density at radius 3 is 2.55 bits per heavy atom. The van der Waals surface area contributed by atoms with E-state index in [1.54, 1.807) is 6.07 Å². The van der Waals surface area contributed by atoms with Gasteiger partial charge in [0.25, 0.3) is 5.91 Å². The average molecular weight is 297 g/mol. The summed E-state index contributed by atoms with van der Waals surface area (Å²) in [5.74, 6) is 0.868. The zero-order valence-electron chi connectivity index (χ0n) is 12.3. The number of carbonyl (C=O) groups is 1. The number of halogens is 1. The predicted octanol–water partition coefficient (Wildman–Crippen LogP) is 3.70. The van der Waals surface area contributed by atoms with Crippen molar-refractivity contribution in [2.75, 3.05) is 5.73 Å². The SMILES string of the molecule is CCC1CCC(NC(=O)c2cc(N)ccc2C)CC1.Cl. The summed E-state index contributed by atoms with van der Waals surface area (Å²) in [6.45, 7) is 4.20. The van der Waals surface area contributed by atoms with Gasteiger partial charge in [0, 0.05) is 17.3 Å². The van der Waals surface area contributed by atoms with Crippen LogP contribution < -0.4 is 11.1 Å². The third-order valence-electron chi connectivity index (χ3n) is 4.27. The van der Waals surface area contributed by atoms with E-state index in [2.05, 4.69) is 12.2 Å². The smallest absolute Gasteiger partial charge is 0.251 e. The van der Waals surface area contributed by atoms with Crippen LogP contribution in [0.1, 0.15) is 54.9 Å². The Morgan fingerprint density at radius 2 is 1.95 bits per heavy atom. The van der Waals surface area contributed by atoms with Crippen LogP contribution in [0.15, 0.2) is 18.2 Å². The molecule has 0 radical (unpaired) electrons. The molecule has 0 heterocycles. The Balaban J connectivity index is 0.00000200. The second-order valence-corrected chi connectivity index (χ2v) is 5.67. The van der Waals surface area contributed by atoms with Gasteiger partial charge >= 0.3 is 0 Å². The van der Waals surface area contributed by atoms with Crippen LogP contribution in [0, 0.1) is 12.8 Å². The van der Waals surface area contributed by atoms with E-state index in [0.29, 0.717) is 17.3 Å². The van der Waals surface area contributed by atoms with E-state index in [-0.39, 0.29) is 18.3 Å². The molecule has 1 amide bonds. The second kappa shape index (κ2) is 7.53. The molecule has 0 unspecified atom stereocenters. The molecular weight excluding hydrogens is 272 g/mol.